The van der Waals surface area contributed by atoms with Crippen LogP contribution >= 0.6 is 0 Å². The zero-order valence-corrected chi connectivity index (χ0v) is 24.2. The SMILES string of the molecule is CCCC[C@H](NC(=O)[C@H](Cc1ccccc1)NC(=O)OC(C)(C)C)C(=O)N[C@@H](CC1CCCCC1)[C@@H](O)CN. The number of carbonyl (C=O) groups excluding carboxylic acids is 3. The smallest absolute Gasteiger partial charge is 0.408 e. The molecule has 1 aromatic carbocycles. The summed E-state index contributed by atoms with van der Waals surface area (Å²) in [5.74, 6) is -0.382. The molecule has 6 N–H and O–H groups in total. The maximum absolute atomic E-state index is 13.5. The quantitative estimate of drug-likeness (QED) is 0.241. The van der Waals surface area contributed by atoms with Crippen molar-refractivity contribution < 1.29 is 24.2 Å². The third kappa shape index (κ3) is 12.4. The Balaban J connectivity index is 2.16. The fourth-order valence-electron chi connectivity index (χ4n) is 5.00. The number of nitrogens with two attached hydrogens (primary N) is 1. The number of aliphatic hydroxyl groups excluding tert-OH is 1. The molecule has 220 valence electrons. The van der Waals surface area contributed by atoms with E-state index in [9.17, 15) is 19.5 Å². The van der Waals surface area contributed by atoms with Gasteiger partial charge in [0.15, 0.2) is 0 Å². The molecule has 0 spiro atoms. The van der Waals surface area contributed by atoms with Crippen LogP contribution in [-0.2, 0) is 20.7 Å². The highest BCUT2D eigenvalue weighted by Crippen LogP contribution is 2.28. The Hall–Kier alpha value is -2.65. The molecule has 1 aromatic rings. The first-order chi connectivity index (χ1) is 18.5. The predicted octanol–water partition coefficient (Wildman–Crippen LogP) is 3.57. The molecule has 2 rings (SSSR count). The number of carbonyl (C=O) groups is 3. The Kier molecular flexibility index (Phi) is 13.7. The Morgan fingerprint density at radius 2 is 1.64 bits per heavy atom. The van der Waals surface area contributed by atoms with Gasteiger partial charge >= 0.3 is 6.09 Å². The van der Waals surface area contributed by atoms with Gasteiger partial charge in [-0.2, -0.15) is 0 Å². The standard InChI is InChI=1S/C30H50N4O5/c1-5-6-17-23(27(36)33-24(26(35)20-31)18-21-13-9-7-10-14-21)32-28(37)25(19-22-15-11-8-12-16-22)34-29(38)39-30(2,3)4/h8,11-12,15-16,21,23-26,35H,5-7,9-10,13-14,17-20,31H2,1-4H3,(H,32,37)(H,33,36)(H,34,38)/t23-,24-,25-,26-/m0/s1. The number of hydrogen-bond donors (Lipinski definition) is 5. The number of ether oxygens (including phenoxy) is 1. The highest BCUT2D eigenvalue weighted by atomic mass is 16.6. The molecule has 39 heavy (non-hydrogen) atoms. The molecule has 1 aliphatic carbocycles. The van der Waals surface area contributed by atoms with Crippen molar-refractivity contribution in [2.75, 3.05) is 6.54 Å². The van der Waals surface area contributed by atoms with Gasteiger partial charge in [-0.05, 0) is 45.1 Å². The first-order valence-electron chi connectivity index (χ1n) is 14.5. The second kappa shape index (κ2) is 16.5. The highest BCUT2D eigenvalue weighted by Gasteiger charge is 2.31. The molecule has 0 aromatic heterocycles. The lowest BCUT2D eigenvalue weighted by Gasteiger charge is -2.31. The van der Waals surface area contributed by atoms with Crippen LogP contribution in [0.25, 0.3) is 0 Å². The normalized spacial score (nSPS) is 17.4. The summed E-state index contributed by atoms with van der Waals surface area (Å²) >= 11 is 0. The summed E-state index contributed by atoms with van der Waals surface area (Å²) in [6, 6.07) is 7.14. The molecule has 1 aliphatic rings. The molecule has 0 heterocycles. The largest absolute Gasteiger partial charge is 0.444 e. The summed E-state index contributed by atoms with van der Waals surface area (Å²) in [4.78, 5) is 39.5. The number of benzene rings is 1. The van der Waals surface area contributed by atoms with Crippen molar-refractivity contribution in [3.8, 4) is 0 Å². The van der Waals surface area contributed by atoms with Crippen LogP contribution in [-0.4, -0.2) is 59.4 Å². The van der Waals surface area contributed by atoms with E-state index >= 15 is 0 Å². The van der Waals surface area contributed by atoms with E-state index in [0.29, 0.717) is 18.8 Å². The van der Waals surface area contributed by atoms with Crippen molar-refractivity contribution in [1.29, 1.82) is 0 Å². The van der Waals surface area contributed by atoms with Gasteiger partial charge in [-0.1, -0.05) is 82.2 Å². The van der Waals surface area contributed by atoms with Crippen molar-refractivity contribution >= 4 is 17.9 Å². The van der Waals surface area contributed by atoms with Crippen LogP contribution in [0.3, 0.4) is 0 Å². The third-order valence-corrected chi connectivity index (χ3v) is 7.12. The summed E-state index contributed by atoms with van der Waals surface area (Å²) in [6.07, 6.45) is 7.05. The van der Waals surface area contributed by atoms with Crippen LogP contribution in [0.15, 0.2) is 30.3 Å². The zero-order chi connectivity index (χ0) is 28.8. The fourth-order valence-corrected chi connectivity index (χ4v) is 5.00. The molecule has 0 bridgehead atoms. The average molecular weight is 547 g/mol. The molecule has 0 radical (unpaired) electrons. The van der Waals surface area contributed by atoms with Gasteiger partial charge in [-0.15, -0.1) is 0 Å². The molecular weight excluding hydrogens is 496 g/mol. The average Bonchev–Trinajstić information content (AvgIpc) is 2.89. The van der Waals surface area contributed by atoms with Crippen LogP contribution in [0.2, 0.25) is 0 Å². The number of unbranched alkanes of at least 4 members (excludes halogenated alkanes) is 1. The van der Waals surface area contributed by atoms with E-state index in [0.717, 1.165) is 44.1 Å². The zero-order valence-electron chi connectivity index (χ0n) is 24.2. The van der Waals surface area contributed by atoms with Crippen LogP contribution in [0.4, 0.5) is 4.79 Å². The highest BCUT2D eigenvalue weighted by molar-refractivity contribution is 5.91. The summed E-state index contributed by atoms with van der Waals surface area (Å²) in [7, 11) is 0. The Bertz CT molecular complexity index is 883. The fraction of sp³-hybridized carbons (Fsp3) is 0.700. The van der Waals surface area contributed by atoms with Gasteiger partial charge in [-0.3, -0.25) is 9.59 Å². The van der Waals surface area contributed by atoms with Crippen molar-refractivity contribution in [1.82, 2.24) is 16.0 Å². The minimum atomic E-state index is -0.938. The van der Waals surface area contributed by atoms with E-state index in [2.05, 4.69) is 16.0 Å². The van der Waals surface area contributed by atoms with Crippen LogP contribution in [0.5, 0.6) is 0 Å². The number of nitrogens with one attached hydrogen (secondary N) is 3. The Labute approximate surface area is 234 Å². The molecule has 1 fully saturated rings. The summed E-state index contributed by atoms with van der Waals surface area (Å²) in [5, 5.41) is 19.1. The van der Waals surface area contributed by atoms with Gasteiger partial charge in [0, 0.05) is 13.0 Å². The van der Waals surface area contributed by atoms with Gasteiger partial charge in [-0.25, -0.2) is 4.79 Å². The summed E-state index contributed by atoms with van der Waals surface area (Å²) in [6.45, 7) is 7.32. The lowest BCUT2D eigenvalue weighted by Crippen LogP contribution is -2.57. The lowest BCUT2D eigenvalue weighted by atomic mass is 9.83. The predicted molar refractivity (Wildman–Crippen MR) is 153 cm³/mol. The van der Waals surface area contributed by atoms with E-state index in [4.69, 9.17) is 10.5 Å². The van der Waals surface area contributed by atoms with Gasteiger partial charge in [0.25, 0.3) is 0 Å². The number of alkyl carbamates (subject to hydrolysis) is 1. The molecule has 0 unspecified atom stereocenters. The van der Waals surface area contributed by atoms with E-state index in [1.54, 1.807) is 20.8 Å². The number of hydrogen-bond acceptors (Lipinski definition) is 6. The maximum atomic E-state index is 13.5. The number of amides is 3. The maximum Gasteiger partial charge on any atom is 0.408 e. The Morgan fingerprint density at radius 3 is 2.23 bits per heavy atom. The molecule has 3 amide bonds. The van der Waals surface area contributed by atoms with E-state index < -0.39 is 41.8 Å². The lowest BCUT2D eigenvalue weighted by molar-refractivity contribution is -0.131. The Morgan fingerprint density at radius 1 is 1.00 bits per heavy atom. The molecular formula is C30H50N4O5. The first kappa shape index (κ1) is 32.6. The van der Waals surface area contributed by atoms with Crippen molar-refractivity contribution in [2.45, 2.75) is 122 Å². The topological polar surface area (TPSA) is 143 Å². The van der Waals surface area contributed by atoms with Crippen molar-refractivity contribution in [3.63, 3.8) is 0 Å². The second-order valence-corrected chi connectivity index (χ2v) is 11.7. The van der Waals surface area contributed by atoms with Crippen LogP contribution in [0, 0.1) is 5.92 Å². The monoisotopic (exact) mass is 546 g/mol. The minimum absolute atomic E-state index is 0.0443. The van der Waals surface area contributed by atoms with Gasteiger partial charge in [0.2, 0.25) is 11.8 Å². The van der Waals surface area contributed by atoms with E-state index in [1.807, 2.05) is 37.3 Å². The summed E-state index contributed by atoms with van der Waals surface area (Å²) in [5.41, 5.74) is 5.91. The third-order valence-electron chi connectivity index (χ3n) is 7.12. The number of rotatable bonds is 14. The minimum Gasteiger partial charge on any atom is -0.444 e. The molecule has 0 aliphatic heterocycles. The van der Waals surface area contributed by atoms with Crippen molar-refractivity contribution in [2.24, 2.45) is 11.7 Å². The first-order valence-corrected chi connectivity index (χ1v) is 14.5. The second-order valence-electron chi connectivity index (χ2n) is 11.7. The van der Waals surface area contributed by atoms with Crippen molar-refractivity contribution in [3.05, 3.63) is 35.9 Å². The molecule has 9 heteroatoms. The molecule has 4 atom stereocenters. The van der Waals surface area contributed by atoms with Crippen LogP contribution < -0.4 is 21.7 Å². The van der Waals surface area contributed by atoms with E-state index in [1.165, 1.54) is 6.42 Å². The van der Waals surface area contributed by atoms with Gasteiger partial charge < -0.3 is 31.5 Å². The molecule has 9 nitrogen and oxygen atoms in total. The van der Waals surface area contributed by atoms with Crippen LogP contribution in [0.1, 0.15) is 91.0 Å². The van der Waals surface area contributed by atoms with Gasteiger partial charge in [0.1, 0.15) is 17.7 Å². The van der Waals surface area contributed by atoms with E-state index in [-0.39, 0.29) is 18.9 Å². The number of aliphatic hydroxyl groups is 1. The molecule has 1 saturated carbocycles. The molecule has 0 saturated heterocycles. The summed E-state index contributed by atoms with van der Waals surface area (Å²) < 4.78 is 5.39. The van der Waals surface area contributed by atoms with Gasteiger partial charge in [0.05, 0.1) is 12.1 Å².